The molecule has 3 aromatic rings. The largest absolute Gasteiger partial charge is 0.452 e. The zero-order valence-corrected chi connectivity index (χ0v) is 16.5. The number of hydrogen-bond acceptors (Lipinski definition) is 4. The minimum atomic E-state index is -0.528. The maximum atomic E-state index is 12.4. The Hall–Kier alpha value is -3.21. The summed E-state index contributed by atoms with van der Waals surface area (Å²) in [4.78, 5) is 29.0. The highest BCUT2D eigenvalue weighted by Gasteiger charge is 2.17. The van der Waals surface area contributed by atoms with Crippen LogP contribution in [0.15, 0.2) is 54.7 Å². The lowest BCUT2D eigenvalue weighted by Gasteiger charge is -2.20. The second-order valence-corrected chi connectivity index (χ2v) is 7.48. The van der Waals surface area contributed by atoms with Crippen LogP contribution in [0.1, 0.15) is 52.9 Å². The number of hydrogen-bond donors (Lipinski definition) is 1. The molecule has 148 valence electrons. The van der Waals surface area contributed by atoms with Crippen LogP contribution < -0.4 is 5.32 Å². The van der Waals surface area contributed by atoms with Crippen LogP contribution >= 0.6 is 0 Å². The second kappa shape index (κ2) is 8.43. The van der Waals surface area contributed by atoms with Crippen LogP contribution in [-0.4, -0.2) is 23.5 Å². The lowest BCUT2D eigenvalue weighted by atomic mass is 9.89. The Morgan fingerprint density at radius 3 is 2.76 bits per heavy atom. The molecule has 0 fully saturated rings. The Kier molecular flexibility index (Phi) is 5.56. The van der Waals surface area contributed by atoms with E-state index in [1.807, 2.05) is 19.1 Å². The van der Waals surface area contributed by atoms with Crippen molar-refractivity contribution in [3.63, 3.8) is 0 Å². The Morgan fingerprint density at radius 1 is 1.07 bits per heavy atom. The van der Waals surface area contributed by atoms with Crippen molar-refractivity contribution in [2.75, 3.05) is 6.61 Å². The fourth-order valence-electron chi connectivity index (χ4n) is 3.88. The fraction of sp³-hybridized carbons (Fsp3) is 0.292. The number of aryl methyl sites for hydroxylation is 2. The van der Waals surface area contributed by atoms with E-state index in [1.54, 1.807) is 24.4 Å². The highest BCUT2D eigenvalue weighted by molar-refractivity contribution is 6.03. The van der Waals surface area contributed by atoms with E-state index in [1.165, 1.54) is 24.0 Å². The number of pyridine rings is 1. The van der Waals surface area contributed by atoms with Gasteiger partial charge in [-0.25, -0.2) is 4.79 Å². The molecule has 0 saturated carbocycles. The monoisotopic (exact) mass is 388 g/mol. The number of rotatable bonds is 5. The number of carbonyl (C=O) groups is 2. The van der Waals surface area contributed by atoms with Crippen molar-refractivity contribution >= 4 is 22.8 Å². The third-order valence-electron chi connectivity index (χ3n) is 5.45. The van der Waals surface area contributed by atoms with Gasteiger partial charge in [-0.3, -0.25) is 9.78 Å². The summed E-state index contributed by atoms with van der Waals surface area (Å²) in [5.74, 6) is -0.845. The van der Waals surface area contributed by atoms with E-state index in [0.717, 1.165) is 18.4 Å². The van der Waals surface area contributed by atoms with Gasteiger partial charge < -0.3 is 10.1 Å². The second-order valence-electron chi connectivity index (χ2n) is 7.48. The molecule has 0 saturated heterocycles. The van der Waals surface area contributed by atoms with Gasteiger partial charge >= 0.3 is 5.97 Å². The van der Waals surface area contributed by atoms with Crippen LogP contribution in [0.25, 0.3) is 10.9 Å². The van der Waals surface area contributed by atoms with E-state index in [0.29, 0.717) is 16.5 Å². The molecule has 1 unspecified atom stereocenters. The maximum absolute atomic E-state index is 12.4. The average molecular weight is 388 g/mol. The first kappa shape index (κ1) is 19.1. The molecular formula is C24H24N2O3. The lowest BCUT2D eigenvalue weighted by Crippen LogP contribution is -2.31. The molecule has 0 radical (unpaired) electrons. The number of carbonyl (C=O) groups excluding carboxylic acids is 2. The summed E-state index contributed by atoms with van der Waals surface area (Å²) in [7, 11) is 0. The summed E-state index contributed by atoms with van der Waals surface area (Å²) >= 11 is 0. The third-order valence-corrected chi connectivity index (χ3v) is 5.45. The van der Waals surface area contributed by atoms with Gasteiger partial charge in [-0.2, -0.15) is 0 Å². The standard InChI is InChI=1S/C24H24N2O3/c1-16(18-12-11-17-6-2-3-7-19(17)14-18)26-23(27)15-29-24(28)21-8-4-10-22-20(21)9-5-13-25-22/h4-5,8-14,16H,2-3,6-7,15H2,1H3,(H,26,27). The molecule has 1 N–H and O–H groups in total. The smallest absolute Gasteiger partial charge is 0.339 e. The van der Waals surface area contributed by atoms with Crippen LogP contribution in [-0.2, 0) is 22.4 Å². The van der Waals surface area contributed by atoms with E-state index in [2.05, 4.69) is 28.5 Å². The van der Waals surface area contributed by atoms with Crippen LogP contribution in [0.5, 0.6) is 0 Å². The maximum Gasteiger partial charge on any atom is 0.339 e. The Bertz CT molecular complexity index is 1060. The SMILES string of the molecule is CC(NC(=O)COC(=O)c1cccc2ncccc12)c1ccc2c(c1)CCCC2. The lowest BCUT2D eigenvalue weighted by molar-refractivity contribution is -0.124. The van der Waals surface area contributed by atoms with E-state index in [9.17, 15) is 9.59 Å². The van der Waals surface area contributed by atoms with Crippen molar-refractivity contribution in [3.05, 3.63) is 77.0 Å². The summed E-state index contributed by atoms with van der Waals surface area (Å²) in [6, 6.07) is 15.1. The Labute approximate surface area is 170 Å². The molecule has 29 heavy (non-hydrogen) atoms. The molecule has 1 aromatic heterocycles. The van der Waals surface area contributed by atoms with E-state index >= 15 is 0 Å². The third kappa shape index (κ3) is 4.29. The first-order valence-corrected chi connectivity index (χ1v) is 10.0. The van der Waals surface area contributed by atoms with Gasteiger partial charge in [0.1, 0.15) is 0 Å². The van der Waals surface area contributed by atoms with Gasteiger partial charge in [-0.05, 0) is 67.5 Å². The average Bonchev–Trinajstić information content (AvgIpc) is 2.76. The molecule has 0 bridgehead atoms. The molecule has 0 spiro atoms. The molecule has 1 amide bonds. The van der Waals surface area contributed by atoms with Crippen LogP contribution in [0.2, 0.25) is 0 Å². The molecule has 5 nitrogen and oxygen atoms in total. The number of amides is 1. The molecule has 1 heterocycles. The number of nitrogens with one attached hydrogen (secondary N) is 1. The van der Waals surface area contributed by atoms with Gasteiger partial charge in [-0.15, -0.1) is 0 Å². The Morgan fingerprint density at radius 2 is 1.90 bits per heavy atom. The quantitative estimate of drug-likeness (QED) is 0.667. The topological polar surface area (TPSA) is 68.3 Å². The molecule has 0 aliphatic heterocycles. The van der Waals surface area contributed by atoms with Crippen LogP contribution in [0.4, 0.5) is 0 Å². The van der Waals surface area contributed by atoms with Gasteiger partial charge in [-0.1, -0.05) is 30.3 Å². The molecule has 1 aliphatic carbocycles. The molecule has 5 heteroatoms. The number of fused-ring (bicyclic) bond motifs is 2. The van der Waals surface area contributed by atoms with Crippen molar-refractivity contribution in [3.8, 4) is 0 Å². The molecular weight excluding hydrogens is 364 g/mol. The van der Waals surface area contributed by atoms with Gasteiger partial charge in [0.05, 0.1) is 17.1 Å². The van der Waals surface area contributed by atoms with Crippen molar-refractivity contribution < 1.29 is 14.3 Å². The minimum absolute atomic E-state index is 0.143. The zero-order chi connectivity index (χ0) is 20.2. The predicted molar refractivity (Wildman–Crippen MR) is 112 cm³/mol. The predicted octanol–water partition coefficient (Wildman–Crippen LogP) is 4.15. The van der Waals surface area contributed by atoms with Crippen molar-refractivity contribution in [2.24, 2.45) is 0 Å². The summed E-state index contributed by atoms with van der Waals surface area (Å²) in [6.07, 6.45) is 6.37. The number of benzene rings is 2. The fourth-order valence-corrected chi connectivity index (χ4v) is 3.88. The van der Waals surface area contributed by atoms with Gasteiger partial charge in [0, 0.05) is 11.6 Å². The minimum Gasteiger partial charge on any atom is -0.452 e. The summed E-state index contributed by atoms with van der Waals surface area (Å²) in [5, 5.41) is 3.63. The zero-order valence-electron chi connectivity index (χ0n) is 16.5. The van der Waals surface area contributed by atoms with Gasteiger partial charge in [0.25, 0.3) is 5.91 Å². The number of ether oxygens (including phenoxy) is 1. The molecule has 1 aliphatic rings. The normalized spacial score (nSPS) is 14.1. The summed E-state index contributed by atoms with van der Waals surface area (Å²) in [5.41, 5.74) is 4.99. The summed E-state index contributed by atoms with van der Waals surface area (Å²) in [6.45, 7) is 1.63. The summed E-state index contributed by atoms with van der Waals surface area (Å²) < 4.78 is 5.25. The van der Waals surface area contributed by atoms with Crippen LogP contribution in [0.3, 0.4) is 0 Å². The number of nitrogens with zero attached hydrogens (tertiary/aromatic N) is 1. The van der Waals surface area contributed by atoms with Crippen molar-refractivity contribution in [1.82, 2.24) is 10.3 Å². The highest BCUT2D eigenvalue weighted by atomic mass is 16.5. The number of esters is 1. The van der Waals surface area contributed by atoms with Gasteiger partial charge in [0.15, 0.2) is 6.61 Å². The van der Waals surface area contributed by atoms with Gasteiger partial charge in [0.2, 0.25) is 0 Å². The first-order valence-electron chi connectivity index (χ1n) is 10.0. The van der Waals surface area contributed by atoms with E-state index < -0.39 is 5.97 Å². The highest BCUT2D eigenvalue weighted by Crippen LogP contribution is 2.24. The van der Waals surface area contributed by atoms with Crippen molar-refractivity contribution in [1.29, 1.82) is 0 Å². The van der Waals surface area contributed by atoms with E-state index in [4.69, 9.17) is 4.74 Å². The Balaban J connectivity index is 1.36. The van der Waals surface area contributed by atoms with E-state index in [-0.39, 0.29) is 18.6 Å². The molecule has 1 atom stereocenters. The van der Waals surface area contributed by atoms with Crippen LogP contribution in [0, 0.1) is 0 Å². The van der Waals surface area contributed by atoms with Crippen molar-refractivity contribution in [2.45, 2.75) is 38.6 Å². The number of aromatic nitrogens is 1. The first-order chi connectivity index (χ1) is 14.1. The molecule has 2 aromatic carbocycles. The molecule has 4 rings (SSSR count).